The molecule has 0 fully saturated rings. The summed E-state index contributed by atoms with van der Waals surface area (Å²) in [5, 5.41) is 7.53. The second-order valence-corrected chi connectivity index (χ2v) is 8.54. The lowest BCUT2D eigenvalue weighted by molar-refractivity contribution is 0.252. The van der Waals surface area contributed by atoms with Gasteiger partial charge in [-0.05, 0) is 41.4 Å². The molecule has 0 amide bonds. The van der Waals surface area contributed by atoms with Crippen LogP contribution in [0.2, 0.25) is 0 Å². The SMILES string of the molecule is COc1cccc2c1CN(CCNC(=S)NCC(c1ccccc1)c1ccccc1)CC2. The van der Waals surface area contributed by atoms with Crippen molar-refractivity contribution in [1.82, 2.24) is 15.5 Å². The predicted molar refractivity (Wildman–Crippen MR) is 135 cm³/mol. The molecular weight excluding hydrogens is 414 g/mol. The van der Waals surface area contributed by atoms with Crippen LogP contribution in [0.15, 0.2) is 78.9 Å². The predicted octanol–water partition coefficient (Wildman–Crippen LogP) is 4.35. The van der Waals surface area contributed by atoms with Crippen molar-refractivity contribution in [2.45, 2.75) is 18.9 Å². The fourth-order valence-corrected chi connectivity index (χ4v) is 4.56. The van der Waals surface area contributed by atoms with Crippen LogP contribution in [0.5, 0.6) is 5.75 Å². The number of thiocarbonyl (C=S) groups is 1. The van der Waals surface area contributed by atoms with Crippen LogP contribution < -0.4 is 15.4 Å². The Balaban J connectivity index is 1.27. The van der Waals surface area contributed by atoms with Gasteiger partial charge in [-0.1, -0.05) is 72.8 Å². The minimum Gasteiger partial charge on any atom is -0.496 e. The molecule has 0 bridgehead atoms. The maximum atomic E-state index is 5.58. The van der Waals surface area contributed by atoms with E-state index in [0.717, 1.165) is 44.9 Å². The van der Waals surface area contributed by atoms with E-state index in [2.05, 4.69) is 94.4 Å². The monoisotopic (exact) mass is 445 g/mol. The summed E-state index contributed by atoms with van der Waals surface area (Å²) in [7, 11) is 1.75. The lowest BCUT2D eigenvalue weighted by Crippen LogP contribution is -2.42. The third-order valence-electron chi connectivity index (χ3n) is 6.11. The Bertz CT molecular complexity index is 956. The first kappa shape index (κ1) is 22.3. The van der Waals surface area contributed by atoms with Crippen molar-refractivity contribution in [3.05, 3.63) is 101 Å². The molecule has 0 aromatic heterocycles. The smallest absolute Gasteiger partial charge is 0.166 e. The molecule has 0 unspecified atom stereocenters. The van der Waals surface area contributed by atoms with Crippen LogP contribution in [0.4, 0.5) is 0 Å². The molecule has 166 valence electrons. The summed E-state index contributed by atoms with van der Waals surface area (Å²) in [6.07, 6.45) is 1.06. The van der Waals surface area contributed by atoms with Gasteiger partial charge < -0.3 is 15.4 Å². The van der Waals surface area contributed by atoms with Gasteiger partial charge in [0.05, 0.1) is 7.11 Å². The Hall–Kier alpha value is -2.89. The molecule has 0 saturated heterocycles. The minimum atomic E-state index is 0.253. The van der Waals surface area contributed by atoms with E-state index < -0.39 is 0 Å². The Morgan fingerprint density at radius 2 is 1.62 bits per heavy atom. The normalized spacial score (nSPS) is 13.4. The summed E-state index contributed by atoms with van der Waals surface area (Å²) in [4.78, 5) is 2.46. The fourth-order valence-electron chi connectivity index (χ4n) is 4.37. The van der Waals surface area contributed by atoms with Crippen molar-refractivity contribution >= 4 is 17.3 Å². The first-order valence-electron chi connectivity index (χ1n) is 11.2. The average Bonchev–Trinajstić information content (AvgIpc) is 2.85. The molecular formula is C27H31N3OS. The van der Waals surface area contributed by atoms with E-state index in [1.807, 2.05) is 0 Å². The molecule has 32 heavy (non-hydrogen) atoms. The van der Waals surface area contributed by atoms with E-state index in [9.17, 15) is 0 Å². The number of nitrogens with zero attached hydrogens (tertiary/aromatic N) is 1. The highest BCUT2D eigenvalue weighted by Crippen LogP contribution is 2.27. The second-order valence-electron chi connectivity index (χ2n) is 8.13. The fraction of sp³-hybridized carbons (Fsp3) is 0.296. The van der Waals surface area contributed by atoms with Crippen molar-refractivity contribution in [1.29, 1.82) is 0 Å². The van der Waals surface area contributed by atoms with E-state index in [4.69, 9.17) is 17.0 Å². The van der Waals surface area contributed by atoms with Crippen molar-refractivity contribution in [3.8, 4) is 5.75 Å². The molecule has 4 nitrogen and oxygen atoms in total. The second kappa shape index (κ2) is 11.1. The van der Waals surface area contributed by atoms with Gasteiger partial charge in [0.1, 0.15) is 5.75 Å². The van der Waals surface area contributed by atoms with Crippen molar-refractivity contribution < 1.29 is 4.74 Å². The number of nitrogens with one attached hydrogen (secondary N) is 2. The van der Waals surface area contributed by atoms with Gasteiger partial charge in [-0.2, -0.15) is 0 Å². The van der Waals surface area contributed by atoms with E-state index in [1.54, 1.807) is 7.11 Å². The molecule has 0 radical (unpaired) electrons. The molecule has 1 aliphatic heterocycles. The van der Waals surface area contributed by atoms with Crippen LogP contribution >= 0.6 is 12.2 Å². The molecule has 2 N–H and O–H groups in total. The Labute approximate surface area is 196 Å². The third-order valence-corrected chi connectivity index (χ3v) is 6.40. The summed E-state index contributed by atoms with van der Waals surface area (Å²) in [5.41, 5.74) is 5.29. The number of hydrogen-bond acceptors (Lipinski definition) is 3. The van der Waals surface area contributed by atoms with Gasteiger partial charge in [0.15, 0.2) is 5.11 Å². The van der Waals surface area contributed by atoms with E-state index in [1.165, 1.54) is 22.3 Å². The number of hydrogen-bond donors (Lipinski definition) is 2. The summed E-state index contributed by atoms with van der Waals surface area (Å²) < 4.78 is 5.56. The summed E-state index contributed by atoms with van der Waals surface area (Å²) >= 11 is 5.58. The summed E-state index contributed by atoms with van der Waals surface area (Å²) in [6.45, 7) is 4.50. The molecule has 3 aromatic carbocycles. The first-order chi connectivity index (χ1) is 15.7. The van der Waals surface area contributed by atoms with Gasteiger partial charge in [0.2, 0.25) is 0 Å². The molecule has 0 spiro atoms. The maximum Gasteiger partial charge on any atom is 0.166 e. The highest BCUT2D eigenvalue weighted by molar-refractivity contribution is 7.80. The molecule has 5 heteroatoms. The minimum absolute atomic E-state index is 0.253. The zero-order valence-electron chi connectivity index (χ0n) is 18.6. The van der Waals surface area contributed by atoms with Crippen LogP contribution in [0.1, 0.15) is 28.2 Å². The first-order valence-corrected chi connectivity index (χ1v) is 11.6. The maximum absolute atomic E-state index is 5.58. The largest absolute Gasteiger partial charge is 0.496 e. The molecule has 1 heterocycles. The van der Waals surface area contributed by atoms with Gasteiger partial charge >= 0.3 is 0 Å². The average molecular weight is 446 g/mol. The van der Waals surface area contributed by atoms with Gasteiger partial charge in [-0.3, -0.25) is 4.90 Å². The number of fused-ring (bicyclic) bond motifs is 1. The van der Waals surface area contributed by atoms with E-state index in [-0.39, 0.29) is 5.92 Å². The number of benzene rings is 3. The number of ether oxygens (including phenoxy) is 1. The Kier molecular flexibility index (Phi) is 7.75. The highest BCUT2D eigenvalue weighted by atomic mass is 32.1. The van der Waals surface area contributed by atoms with E-state index in [0.29, 0.717) is 5.11 Å². The molecule has 1 aliphatic rings. The van der Waals surface area contributed by atoms with Crippen molar-refractivity contribution in [2.75, 3.05) is 33.3 Å². The van der Waals surface area contributed by atoms with Crippen LogP contribution in [0.25, 0.3) is 0 Å². The number of methoxy groups -OCH3 is 1. The van der Waals surface area contributed by atoms with Crippen LogP contribution in [-0.4, -0.2) is 43.3 Å². The van der Waals surface area contributed by atoms with Crippen molar-refractivity contribution in [2.24, 2.45) is 0 Å². The standard InChI is InChI=1S/C27H31N3OS/c1-31-26-14-8-13-23-15-17-30(20-25(23)26)18-16-28-27(32)29-19-24(21-9-4-2-5-10-21)22-11-6-3-7-12-22/h2-14,24H,15-20H2,1H3,(H2,28,29,32). The lowest BCUT2D eigenvalue weighted by Gasteiger charge is -2.30. The zero-order valence-corrected chi connectivity index (χ0v) is 19.4. The quantitative estimate of drug-likeness (QED) is 0.504. The van der Waals surface area contributed by atoms with E-state index >= 15 is 0 Å². The molecule has 0 atom stereocenters. The highest BCUT2D eigenvalue weighted by Gasteiger charge is 2.19. The van der Waals surface area contributed by atoms with Gasteiger partial charge in [-0.25, -0.2) is 0 Å². The van der Waals surface area contributed by atoms with Gasteiger partial charge in [0.25, 0.3) is 0 Å². The Morgan fingerprint density at radius 3 is 2.28 bits per heavy atom. The molecule has 3 aromatic rings. The topological polar surface area (TPSA) is 36.5 Å². The zero-order chi connectivity index (χ0) is 22.2. The van der Waals surface area contributed by atoms with Crippen LogP contribution in [0.3, 0.4) is 0 Å². The molecule has 0 saturated carbocycles. The van der Waals surface area contributed by atoms with Gasteiger partial charge in [-0.15, -0.1) is 0 Å². The third kappa shape index (κ3) is 5.67. The van der Waals surface area contributed by atoms with Crippen LogP contribution in [0, 0.1) is 0 Å². The van der Waals surface area contributed by atoms with Crippen LogP contribution in [-0.2, 0) is 13.0 Å². The molecule has 0 aliphatic carbocycles. The summed E-state index contributed by atoms with van der Waals surface area (Å²) in [6, 6.07) is 27.5. The summed E-state index contributed by atoms with van der Waals surface area (Å²) in [5.74, 6) is 1.24. The van der Waals surface area contributed by atoms with Crippen molar-refractivity contribution in [3.63, 3.8) is 0 Å². The van der Waals surface area contributed by atoms with Gasteiger partial charge in [0, 0.05) is 44.2 Å². The Morgan fingerprint density at radius 1 is 0.938 bits per heavy atom. The lowest BCUT2D eigenvalue weighted by atomic mass is 9.91. The molecule has 4 rings (SSSR count). The number of rotatable bonds is 8.